The molecule has 18 heavy (non-hydrogen) atoms. The molecule has 2 aromatic rings. The minimum absolute atomic E-state index is 0.123. The molecule has 0 unspecified atom stereocenters. The van der Waals surface area contributed by atoms with Crippen molar-refractivity contribution in [2.24, 2.45) is 0 Å². The van der Waals surface area contributed by atoms with E-state index in [4.69, 9.17) is 16.7 Å². The molecule has 2 rings (SSSR count). The molecule has 0 aliphatic carbocycles. The summed E-state index contributed by atoms with van der Waals surface area (Å²) in [6, 6.07) is 8.71. The van der Waals surface area contributed by atoms with Gasteiger partial charge in [0.1, 0.15) is 5.82 Å². The summed E-state index contributed by atoms with van der Waals surface area (Å²) in [6.45, 7) is 1.82. The highest BCUT2D eigenvalue weighted by molar-refractivity contribution is 6.33. The molecule has 0 radical (unpaired) electrons. The first kappa shape index (κ1) is 12.6. The predicted octanol–water partition coefficient (Wildman–Crippen LogP) is 4.15. The van der Waals surface area contributed by atoms with Crippen molar-refractivity contribution in [2.75, 3.05) is 0 Å². The number of halogens is 2. The zero-order valence-corrected chi connectivity index (χ0v) is 10.3. The topological polar surface area (TPSA) is 37.3 Å². The zero-order valence-electron chi connectivity index (χ0n) is 9.58. The van der Waals surface area contributed by atoms with Crippen LogP contribution in [0.1, 0.15) is 15.9 Å². The average Bonchev–Trinajstić information content (AvgIpc) is 2.33. The maximum absolute atomic E-state index is 13.3. The summed E-state index contributed by atoms with van der Waals surface area (Å²) >= 11 is 6.04. The van der Waals surface area contributed by atoms with Gasteiger partial charge in [-0.2, -0.15) is 0 Å². The van der Waals surface area contributed by atoms with E-state index < -0.39 is 5.97 Å². The van der Waals surface area contributed by atoms with Crippen molar-refractivity contribution in [1.82, 2.24) is 0 Å². The maximum atomic E-state index is 13.3. The summed E-state index contributed by atoms with van der Waals surface area (Å²) in [4.78, 5) is 10.9. The zero-order chi connectivity index (χ0) is 13.3. The molecule has 0 bridgehead atoms. The van der Waals surface area contributed by atoms with Gasteiger partial charge in [0.25, 0.3) is 0 Å². The van der Waals surface area contributed by atoms with Gasteiger partial charge in [0.15, 0.2) is 0 Å². The van der Waals surface area contributed by atoms with Crippen molar-refractivity contribution in [2.45, 2.75) is 6.92 Å². The number of carboxylic acids is 1. The molecule has 0 atom stereocenters. The molecule has 0 aromatic heterocycles. The third kappa shape index (κ3) is 2.36. The van der Waals surface area contributed by atoms with Crippen LogP contribution in [-0.2, 0) is 0 Å². The van der Waals surface area contributed by atoms with Crippen LogP contribution in [0.3, 0.4) is 0 Å². The van der Waals surface area contributed by atoms with E-state index >= 15 is 0 Å². The van der Waals surface area contributed by atoms with Gasteiger partial charge in [-0.15, -0.1) is 0 Å². The van der Waals surface area contributed by atoms with Crippen LogP contribution in [0.5, 0.6) is 0 Å². The number of rotatable bonds is 2. The van der Waals surface area contributed by atoms with Gasteiger partial charge in [-0.05, 0) is 48.4 Å². The lowest BCUT2D eigenvalue weighted by atomic mass is 9.98. The summed E-state index contributed by atoms with van der Waals surface area (Å²) in [6.07, 6.45) is 0. The minimum Gasteiger partial charge on any atom is -0.478 e. The number of carbonyl (C=O) groups is 1. The SMILES string of the molecule is Cc1ccc(F)cc1-c1cc(C(=O)O)ccc1Cl. The van der Waals surface area contributed by atoms with Gasteiger partial charge in [-0.1, -0.05) is 17.7 Å². The Morgan fingerprint density at radius 1 is 1.17 bits per heavy atom. The first-order chi connectivity index (χ1) is 8.49. The lowest BCUT2D eigenvalue weighted by Crippen LogP contribution is -1.97. The van der Waals surface area contributed by atoms with E-state index in [9.17, 15) is 9.18 Å². The third-order valence-electron chi connectivity index (χ3n) is 2.70. The summed E-state index contributed by atoms with van der Waals surface area (Å²) in [5, 5.41) is 9.35. The molecule has 0 aliphatic heterocycles. The van der Waals surface area contributed by atoms with E-state index in [1.165, 1.54) is 30.3 Å². The molecule has 0 heterocycles. The van der Waals surface area contributed by atoms with E-state index in [2.05, 4.69) is 0 Å². The molecular weight excluding hydrogens is 255 g/mol. The van der Waals surface area contributed by atoms with E-state index in [1.54, 1.807) is 6.07 Å². The Morgan fingerprint density at radius 2 is 1.89 bits per heavy atom. The van der Waals surface area contributed by atoms with Crippen LogP contribution in [0.2, 0.25) is 5.02 Å². The lowest BCUT2D eigenvalue weighted by Gasteiger charge is -2.09. The largest absolute Gasteiger partial charge is 0.478 e. The molecule has 0 aliphatic rings. The second-order valence-electron chi connectivity index (χ2n) is 3.96. The number of hydrogen-bond acceptors (Lipinski definition) is 1. The van der Waals surface area contributed by atoms with Gasteiger partial charge in [-0.25, -0.2) is 9.18 Å². The van der Waals surface area contributed by atoms with Crippen LogP contribution in [0, 0.1) is 12.7 Å². The molecule has 2 aromatic carbocycles. The summed E-state index contributed by atoms with van der Waals surface area (Å²) in [5.74, 6) is -1.42. The molecule has 0 spiro atoms. The lowest BCUT2D eigenvalue weighted by molar-refractivity contribution is 0.0697. The van der Waals surface area contributed by atoms with Crippen LogP contribution in [0.25, 0.3) is 11.1 Å². The molecule has 2 nitrogen and oxygen atoms in total. The van der Waals surface area contributed by atoms with Gasteiger partial charge in [0, 0.05) is 10.6 Å². The number of benzene rings is 2. The van der Waals surface area contributed by atoms with Crippen LogP contribution in [-0.4, -0.2) is 11.1 Å². The Hall–Kier alpha value is -1.87. The third-order valence-corrected chi connectivity index (χ3v) is 3.03. The second-order valence-corrected chi connectivity index (χ2v) is 4.37. The Kier molecular flexibility index (Phi) is 3.34. The van der Waals surface area contributed by atoms with Crippen LogP contribution in [0.4, 0.5) is 4.39 Å². The Labute approximate surface area is 109 Å². The van der Waals surface area contributed by atoms with Crippen molar-refractivity contribution >= 4 is 17.6 Å². The molecule has 92 valence electrons. The van der Waals surface area contributed by atoms with Gasteiger partial charge >= 0.3 is 5.97 Å². The Morgan fingerprint density at radius 3 is 2.56 bits per heavy atom. The van der Waals surface area contributed by atoms with Gasteiger partial charge in [0.2, 0.25) is 0 Å². The molecule has 4 heteroatoms. The molecule has 0 saturated heterocycles. The number of hydrogen-bond donors (Lipinski definition) is 1. The van der Waals surface area contributed by atoms with E-state index in [0.29, 0.717) is 16.1 Å². The summed E-state index contributed by atoms with van der Waals surface area (Å²) in [5.41, 5.74) is 2.08. The standard InChI is InChI=1S/C14H10ClFO2/c1-8-2-4-10(16)7-11(8)12-6-9(14(17)18)3-5-13(12)15/h2-7H,1H3,(H,17,18). The average molecular weight is 265 g/mol. The number of aryl methyl sites for hydroxylation is 1. The highest BCUT2D eigenvalue weighted by Crippen LogP contribution is 2.31. The van der Waals surface area contributed by atoms with Gasteiger partial charge in [0.05, 0.1) is 5.56 Å². The molecule has 0 amide bonds. The summed E-state index contributed by atoms with van der Waals surface area (Å²) in [7, 11) is 0. The van der Waals surface area contributed by atoms with Crippen molar-refractivity contribution in [1.29, 1.82) is 0 Å². The Bertz CT molecular complexity index is 623. The van der Waals surface area contributed by atoms with Crippen LogP contribution < -0.4 is 0 Å². The first-order valence-corrected chi connectivity index (χ1v) is 5.66. The molecule has 1 N–H and O–H groups in total. The quantitative estimate of drug-likeness (QED) is 0.885. The fourth-order valence-electron chi connectivity index (χ4n) is 1.75. The number of carboxylic acid groups (broad SMARTS) is 1. The van der Waals surface area contributed by atoms with Crippen molar-refractivity contribution in [3.8, 4) is 11.1 Å². The van der Waals surface area contributed by atoms with Gasteiger partial charge in [-0.3, -0.25) is 0 Å². The normalized spacial score (nSPS) is 10.4. The van der Waals surface area contributed by atoms with E-state index in [0.717, 1.165) is 5.56 Å². The molecule has 0 saturated carbocycles. The Balaban J connectivity index is 2.66. The van der Waals surface area contributed by atoms with Crippen molar-refractivity contribution < 1.29 is 14.3 Å². The van der Waals surface area contributed by atoms with Crippen LogP contribution in [0.15, 0.2) is 36.4 Å². The highest BCUT2D eigenvalue weighted by atomic mass is 35.5. The minimum atomic E-state index is -1.04. The summed E-state index contributed by atoms with van der Waals surface area (Å²) < 4.78 is 13.3. The highest BCUT2D eigenvalue weighted by Gasteiger charge is 2.11. The molecule has 0 fully saturated rings. The fourth-order valence-corrected chi connectivity index (χ4v) is 1.97. The monoisotopic (exact) mass is 264 g/mol. The smallest absolute Gasteiger partial charge is 0.335 e. The maximum Gasteiger partial charge on any atom is 0.335 e. The first-order valence-electron chi connectivity index (χ1n) is 5.28. The predicted molar refractivity (Wildman–Crippen MR) is 68.5 cm³/mol. The number of aromatic carboxylic acids is 1. The van der Waals surface area contributed by atoms with Crippen molar-refractivity contribution in [3.05, 3.63) is 58.4 Å². The van der Waals surface area contributed by atoms with E-state index in [-0.39, 0.29) is 11.4 Å². The van der Waals surface area contributed by atoms with Crippen LogP contribution >= 0.6 is 11.6 Å². The fraction of sp³-hybridized carbons (Fsp3) is 0.0714. The molecular formula is C14H10ClFO2. The van der Waals surface area contributed by atoms with E-state index in [1.807, 2.05) is 6.92 Å². The van der Waals surface area contributed by atoms with Gasteiger partial charge < -0.3 is 5.11 Å². The van der Waals surface area contributed by atoms with Crippen molar-refractivity contribution in [3.63, 3.8) is 0 Å². The second kappa shape index (κ2) is 4.78.